The number of methoxy groups -OCH3 is 1. The fraction of sp³-hybridized carbons (Fsp3) is 0.409. The molecule has 2 aromatic rings. The van der Waals surface area contributed by atoms with E-state index in [1.807, 2.05) is 32.0 Å². The highest BCUT2D eigenvalue weighted by Gasteiger charge is 2.34. The van der Waals surface area contributed by atoms with E-state index in [1.165, 1.54) is 17.5 Å². The van der Waals surface area contributed by atoms with Crippen LogP contribution in [0.4, 0.5) is 5.69 Å². The first-order valence-electron chi connectivity index (χ1n) is 9.90. The Bertz CT molecular complexity index is 916. The predicted molar refractivity (Wildman–Crippen MR) is 114 cm³/mol. The van der Waals surface area contributed by atoms with Gasteiger partial charge in [0.25, 0.3) is 5.91 Å². The van der Waals surface area contributed by atoms with Crippen LogP contribution in [0.3, 0.4) is 0 Å². The fourth-order valence-corrected chi connectivity index (χ4v) is 5.44. The van der Waals surface area contributed by atoms with Crippen molar-refractivity contribution in [2.75, 3.05) is 25.5 Å². The third kappa shape index (κ3) is 4.69. The lowest BCUT2D eigenvalue weighted by molar-refractivity contribution is 0.102. The highest BCUT2D eigenvalue weighted by molar-refractivity contribution is 7.95. The molecular weight excluding hydrogens is 388 g/mol. The average molecular weight is 417 g/mol. The zero-order valence-electron chi connectivity index (χ0n) is 17.2. The number of carbonyl (C=O) groups is 1. The molecule has 2 aromatic carbocycles. The van der Waals surface area contributed by atoms with Crippen molar-refractivity contribution >= 4 is 22.0 Å². The number of benzene rings is 2. The van der Waals surface area contributed by atoms with E-state index in [1.54, 1.807) is 12.1 Å². The van der Waals surface area contributed by atoms with Gasteiger partial charge in [0.1, 0.15) is 0 Å². The molecule has 1 aliphatic rings. The average Bonchev–Trinajstić information content (AvgIpc) is 2.98. The topological polar surface area (TPSA) is 81.7 Å². The molecule has 0 aliphatic carbocycles. The number of hydrogen-bond acceptors (Lipinski definition) is 4. The van der Waals surface area contributed by atoms with Crippen LogP contribution in [0.25, 0.3) is 0 Å². The molecule has 1 amide bonds. The van der Waals surface area contributed by atoms with Crippen LogP contribution < -0.4 is 10.1 Å². The maximum absolute atomic E-state index is 13.3. The molecule has 1 aliphatic heterocycles. The summed E-state index contributed by atoms with van der Waals surface area (Å²) in [6.07, 6.45) is 3.78. The summed E-state index contributed by atoms with van der Waals surface area (Å²) in [5, 5.41) is 2.84. The van der Waals surface area contributed by atoms with E-state index in [4.69, 9.17) is 4.74 Å². The molecule has 1 saturated heterocycles. The van der Waals surface area contributed by atoms with Gasteiger partial charge in [-0.1, -0.05) is 35.2 Å². The summed E-state index contributed by atoms with van der Waals surface area (Å²) in [6.45, 7) is 4.77. The standard InChI is InChI=1S/C22H28N2O4S/c1-16-9-8-10-17(2)21(16)22(25)23-18-11-12-19(28-3)20(15-18)29(26,27)24-13-6-4-5-7-14-24/h8-12,15H,4-7,13-14H2,1-3H3,(H-,23,25,26,27). The molecule has 7 heteroatoms. The number of rotatable bonds is 5. The van der Waals surface area contributed by atoms with E-state index in [-0.39, 0.29) is 16.6 Å². The van der Waals surface area contributed by atoms with Gasteiger partial charge >= 0.3 is 0 Å². The van der Waals surface area contributed by atoms with E-state index in [0.717, 1.165) is 36.8 Å². The van der Waals surface area contributed by atoms with Crippen molar-refractivity contribution in [3.63, 3.8) is 0 Å². The van der Waals surface area contributed by atoms with Gasteiger partial charge in [-0.15, -0.1) is 4.31 Å². The van der Waals surface area contributed by atoms with Gasteiger partial charge in [-0.05, 0) is 49.9 Å². The Kier molecular flexibility index (Phi) is 6.72. The molecule has 0 aromatic heterocycles. The summed E-state index contributed by atoms with van der Waals surface area (Å²) in [5.41, 5.74) is 2.76. The maximum atomic E-state index is 13.3. The number of hydrogen-bond donors (Lipinski definition) is 1. The zero-order valence-corrected chi connectivity index (χ0v) is 18.0. The molecule has 1 atom stereocenters. The van der Waals surface area contributed by atoms with Gasteiger partial charge in [-0.3, -0.25) is 4.79 Å². The van der Waals surface area contributed by atoms with Gasteiger partial charge in [-0.25, -0.2) is 0 Å². The molecule has 3 rings (SSSR count). The minimum Gasteiger partial charge on any atom is -0.593 e. The first-order valence-corrected chi connectivity index (χ1v) is 11.3. The molecule has 0 bridgehead atoms. The van der Waals surface area contributed by atoms with Crippen molar-refractivity contribution in [1.29, 1.82) is 0 Å². The van der Waals surface area contributed by atoms with Crippen LogP contribution in [0.2, 0.25) is 0 Å². The highest BCUT2D eigenvalue weighted by Crippen LogP contribution is 2.34. The van der Waals surface area contributed by atoms with Crippen molar-refractivity contribution < 1.29 is 18.3 Å². The van der Waals surface area contributed by atoms with Gasteiger partial charge in [0, 0.05) is 30.4 Å². The third-order valence-electron chi connectivity index (χ3n) is 5.31. The second-order valence-corrected chi connectivity index (χ2v) is 9.31. The summed E-state index contributed by atoms with van der Waals surface area (Å²) in [7, 11) is -2.26. The Balaban J connectivity index is 1.92. The van der Waals surface area contributed by atoms with E-state index < -0.39 is 10.4 Å². The van der Waals surface area contributed by atoms with Crippen LogP contribution in [-0.4, -0.2) is 35.0 Å². The third-order valence-corrected chi connectivity index (χ3v) is 7.23. The van der Waals surface area contributed by atoms with Crippen molar-refractivity contribution in [3.05, 3.63) is 53.1 Å². The van der Waals surface area contributed by atoms with Gasteiger partial charge in [-0.2, -0.15) is 0 Å². The predicted octanol–water partition coefficient (Wildman–Crippen LogP) is 4.34. The SMILES string of the molecule is COc1ccc(NC(=O)c2c(C)cccc2C)cc1[S+](=O)([O-])N1CCCCCC1. The monoisotopic (exact) mass is 416 g/mol. The van der Waals surface area contributed by atoms with Gasteiger partial charge in [0.15, 0.2) is 16.1 Å². The number of nitrogens with one attached hydrogen (secondary N) is 1. The molecule has 1 unspecified atom stereocenters. The molecule has 156 valence electrons. The largest absolute Gasteiger partial charge is 0.593 e. The van der Waals surface area contributed by atoms with Crippen molar-refractivity contribution in [2.24, 2.45) is 0 Å². The molecule has 6 nitrogen and oxygen atoms in total. The van der Waals surface area contributed by atoms with Gasteiger partial charge in [0.05, 0.1) is 7.11 Å². The number of carbonyl (C=O) groups excluding carboxylic acids is 1. The Morgan fingerprint density at radius 1 is 1.07 bits per heavy atom. The molecular formula is C22H28N2O4S. The number of aryl methyl sites for hydroxylation is 2. The molecule has 0 radical (unpaired) electrons. The number of amides is 1. The van der Waals surface area contributed by atoms with Crippen LogP contribution in [-0.2, 0) is 14.6 Å². The van der Waals surface area contributed by atoms with Crippen molar-refractivity contribution in [1.82, 2.24) is 4.31 Å². The molecule has 0 saturated carbocycles. The van der Waals surface area contributed by atoms with E-state index in [9.17, 15) is 13.6 Å². The molecule has 1 heterocycles. The van der Waals surface area contributed by atoms with Crippen LogP contribution in [0.1, 0.15) is 47.2 Å². The quantitative estimate of drug-likeness (QED) is 0.735. The maximum Gasteiger partial charge on any atom is 0.256 e. The van der Waals surface area contributed by atoms with Crippen LogP contribution in [0.5, 0.6) is 5.75 Å². The number of nitrogens with zero attached hydrogens (tertiary/aromatic N) is 1. The number of anilines is 1. The Morgan fingerprint density at radius 2 is 1.69 bits per heavy atom. The summed E-state index contributed by atoms with van der Waals surface area (Å²) in [4.78, 5) is 12.9. The van der Waals surface area contributed by atoms with Crippen LogP contribution in [0.15, 0.2) is 41.3 Å². The number of sulfonamides is 1. The summed E-state index contributed by atoms with van der Waals surface area (Å²) in [6, 6.07) is 10.4. The zero-order chi connectivity index (χ0) is 21.0. The van der Waals surface area contributed by atoms with E-state index in [2.05, 4.69) is 5.32 Å². The van der Waals surface area contributed by atoms with Crippen molar-refractivity contribution in [2.45, 2.75) is 44.4 Å². The summed E-state index contributed by atoms with van der Waals surface area (Å²) >= 11 is 0. The first kappa shape index (κ1) is 21.5. The Morgan fingerprint density at radius 3 is 2.28 bits per heavy atom. The van der Waals surface area contributed by atoms with E-state index in [0.29, 0.717) is 24.3 Å². The lowest BCUT2D eigenvalue weighted by Gasteiger charge is -2.27. The summed E-state index contributed by atoms with van der Waals surface area (Å²) in [5.74, 6) is 0.0169. The van der Waals surface area contributed by atoms with E-state index >= 15 is 0 Å². The van der Waals surface area contributed by atoms with Crippen molar-refractivity contribution in [3.8, 4) is 5.75 Å². The summed E-state index contributed by atoms with van der Waals surface area (Å²) < 4.78 is 33.4. The van der Waals surface area contributed by atoms with Crippen LogP contribution in [0, 0.1) is 13.8 Å². The normalized spacial score (nSPS) is 17.2. The number of ether oxygens (including phenoxy) is 1. The highest BCUT2D eigenvalue weighted by atomic mass is 32.3. The fourth-order valence-electron chi connectivity index (χ4n) is 3.74. The molecule has 29 heavy (non-hydrogen) atoms. The smallest absolute Gasteiger partial charge is 0.256 e. The minimum atomic E-state index is -3.71. The second kappa shape index (κ2) is 9.07. The minimum absolute atomic E-state index is 0.0844. The Labute approximate surface area is 173 Å². The lowest BCUT2D eigenvalue weighted by atomic mass is 10.0. The second-order valence-electron chi connectivity index (χ2n) is 7.40. The molecule has 0 spiro atoms. The van der Waals surface area contributed by atoms with Crippen LogP contribution >= 0.6 is 0 Å². The Hall–Kier alpha value is -2.22. The first-order chi connectivity index (χ1) is 13.8. The molecule has 1 fully saturated rings. The lowest BCUT2D eigenvalue weighted by Crippen LogP contribution is -2.37. The van der Waals surface area contributed by atoms with Gasteiger partial charge in [0.2, 0.25) is 4.90 Å². The molecule has 1 N–H and O–H groups in total. The van der Waals surface area contributed by atoms with Gasteiger partial charge < -0.3 is 14.6 Å².